The molecule has 0 radical (unpaired) electrons. The minimum atomic E-state index is -0.145. The first kappa shape index (κ1) is 20.3. The van der Waals surface area contributed by atoms with Gasteiger partial charge in [0.05, 0.1) is 28.3 Å². The van der Waals surface area contributed by atoms with E-state index >= 15 is 0 Å². The van der Waals surface area contributed by atoms with E-state index in [2.05, 4.69) is 23.1 Å². The molecule has 1 fully saturated rings. The number of rotatable bonds is 5. The first-order chi connectivity index (χ1) is 15.2. The Hall–Kier alpha value is -2.64. The summed E-state index contributed by atoms with van der Waals surface area (Å²) in [6.45, 7) is 3.29. The van der Waals surface area contributed by atoms with E-state index in [1.165, 1.54) is 9.71 Å². The molecule has 1 saturated heterocycles. The zero-order valence-corrected chi connectivity index (χ0v) is 18.5. The van der Waals surface area contributed by atoms with Gasteiger partial charge in [-0.05, 0) is 50.2 Å². The lowest BCUT2D eigenvalue weighted by molar-refractivity contribution is -0.132. The number of likely N-dealkylation sites (tertiary alicyclic amines) is 1. The minimum absolute atomic E-state index is 0.126. The van der Waals surface area contributed by atoms with Crippen molar-refractivity contribution in [2.75, 3.05) is 39.8 Å². The third-order valence-electron chi connectivity index (χ3n) is 6.08. The van der Waals surface area contributed by atoms with E-state index in [4.69, 9.17) is 14.5 Å². The van der Waals surface area contributed by atoms with Crippen molar-refractivity contribution in [1.29, 1.82) is 0 Å². The average molecular weight is 438 g/mol. The van der Waals surface area contributed by atoms with Gasteiger partial charge in [0.25, 0.3) is 0 Å². The number of amides is 1. The standard InChI is InChI=1S/C24H27N3O3S/c1-26(14-18-16-29-20-7-3-4-8-21(20)30-18)23(28)15-27-12-10-17(11-13-27)24-25-19-6-2-5-9-22(19)31-24/h2-9,17-18H,10-16H2,1H3/t18-/m1/s1. The number of hydrogen-bond acceptors (Lipinski definition) is 6. The second kappa shape index (κ2) is 8.85. The summed E-state index contributed by atoms with van der Waals surface area (Å²) in [5.74, 6) is 2.13. The zero-order chi connectivity index (χ0) is 21.2. The highest BCUT2D eigenvalue weighted by molar-refractivity contribution is 7.18. The molecular weight excluding hydrogens is 410 g/mol. The molecule has 0 unspecified atom stereocenters. The Kier molecular flexibility index (Phi) is 5.78. The van der Waals surface area contributed by atoms with Crippen molar-refractivity contribution in [1.82, 2.24) is 14.8 Å². The summed E-state index contributed by atoms with van der Waals surface area (Å²) < 4.78 is 13.0. The quantitative estimate of drug-likeness (QED) is 0.608. The number of hydrogen-bond donors (Lipinski definition) is 0. The van der Waals surface area contributed by atoms with Gasteiger partial charge in [0.1, 0.15) is 6.61 Å². The molecule has 0 aliphatic carbocycles. The Morgan fingerprint density at radius 2 is 1.87 bits per heavy atom. The van der Waals surface area contributed by atoms with E-state index in [0.717, 1.165) is 42.9 Å². The fourth-order valence-electron chi connectivity index (χ4n) is 4.27. The molecule has 7 heteroatoms. The molecule has 5 rings (SSSR count). The first-order valence-electron chi connectivity index (χ1n) is 10.9. The Balaban J connectivity index is 1.10. The monoisotopic (exact) mass is 437 g/mol. The van der Waals surface area contributed by atoms with E-state index in [0.29, 0.717) is 25.6 Å². The van der Waals surface area contributed by atoms with E-state index in [9.17, 15) is 4.79 Å². The molecule has 1 amide bonds. The summed E-state index contributed by atoms with van der Waals surface area (Å²) in [5.41, 5.74) is 1.10. The summed E-state index contributed by atoms with van der Waals surface area (Å²) in [6, 6.07) is 16.0. The number of carbonyl (C=O) groups excluding carboxylic acids is 1. The summed E-state index contributed by atoms with van der Waals surface area (Å²) in [5, 5.41) is 1.24. The highest BCUT2D eigenvalue weighted by Gasteiger charge is 2.27. The van der Waals surface area contributed by atoms with Crippen LogP contribution in [-0.4, -0.2) is 66.6 Å². The predicted molar refractivity (Wildman–Crippen MR) is 122 cm³/mol. The molecule has 0 N–H and O–H groups in total. The average Bonchev–Trinajstić information content (AvgIpc) is 3.24. The van der Waals surface area contributed by atoms with Crippen molar-refractivity contribution in [3.63, 3.8) is 0 Å². The maximum atomic E-state index is 12.8. The molecule has 1 aromatic heterocycles. The zero-order valence-electron chi connectivity index (χ0n) is 17.7. The molecule has 3 heterocycles. The van der Waals surface area contributed by atoms with Crippen LogP contribution in [0.3, 0.4) is 0 Å². The lowest BCUT2D eigenvalue weighted by atomic mass is 9.97. The fraction of sp³-hybridized carbons (Fsp3) is 0.417. The van der Waals surface area contributed by atoms with Gasteiger partial charge >= 0.3 is 0 Å². The number of thiazole rings is 1. The first-order valence-corrected chi connectivity index (χ1v) is 11.7. The molecule has 6 nitrogen and oxygen atoms in total. The van der Waals surface area contributed by atoms with Crippen LogP contribution in [0, 0.1) is 0 Å². The predicted octanol–water partition coefficient (Wildman–Crippen LogP) is 3.77. The molecule has 2 aliphatic heterocycles. The lowest BCUT2D eigenvalue weighted by Crippen LogP contribution is -2.46. The number of likely N-dealkylation sites (N-methyl/N-ethyl adjacent to an activating group) is 1. The number of benzene rings is 2. The van der Waals surface area contributed by atoms with Crippen LogP contribution >= 0.6 is 11.3 Å². The largest absolute Gasteiger partial charge is 0.486 e. The molecule has 0 spiro atoms. The van der Waals surface area contributed by atoms with Crippen molar-refractivity contribution in [3.05, 3.63) is 53.5 Å². The highest BCUT2D eigenvalue weighted by atomic mass is 32.1. The third-order valence-corrected chi connectivity index (χ3v) is 7.28. The Labute approximate surface area is 186 Å². The van der Waals surface area contributed by atoms with Gasteiger partial charge in [0.15, 0.2) is 17.6 Å². The van der Waals surface area contributed by atoms with Crippen LogP contribution in [0.4, 0.5) is 0 Å². The Morgan fingerprint density at radius 3 is 2.68 bits per heavy atom. The maximum Gasteiger partial charge on any atom is 0.236 e. The van der Waals surface area contributed by atoms with E-state index < -0.39 is 0 Å². The normalized spacial score (nSPS) is 19.5. The number of ether oxygens (including phenoxy) is 2. The summed E-state index contributed by atoms with van der Waals surface area (Å²) in [6.07, 6.45) is 1.95. The number of nitrogens with zero attached hydrogens (tertiary/aromatic N) is 3. The van der Waals surface area contributed by atoms with Gasteiger partial charge in [-0.15, -0.1) is 11.3 Å². The van der Waals surface area contributed by atoms with Crippen LogP contribution in [0.15, 0.2) is 48.5 Å². The van der Waals surface area contributed by atoms with Gasteiger partial charge < -0.3 is 14.4 Å². The second-order valence-electron chi connectivity index (χ2n) is 8.34. The number of piperidine rings is 1. The van der Waals surface area contributed by atoms with E-state index in [1.54, 1.807) is 4.90 Å². The van der Waals surface area contributed by atoms with Gasteiger partial charge in [-0.2, -0.15) is 0 Å². The van der Waals surface area contributed by atoms with Gasteiger partial charge in [0.2, 0.25) is 5.91 Å². The number of carbonyl (C=O) groups is 1. The molecule has 0 saturated carbocycles. The van der Waals surface area contributed by atoms with E-state index in [1.807, 2.05) is 48.7 Å². The topological polar surface area (TPSA) is 54.9 Å². The molecule has 2 aromatic carbocycles. The summed E-state index contributed by atoms with van der Waals surface area (Å²) in [4.78, 5) is 21.6. The number of fused-ring (bicyclic) bond motifs is 2. The van der Waals surface area contributed by atoms with Crippen molar-refractivity contribution in [3.8, 4) is 11.5 Å². The van der Waals surface area contributed by atoms with E-state index in [-0.39, 0.29) is 12.0 Å². The molecular formula is C24H27N3O3S. The second-order valence-corrected chi connectivity index (χ2v) is 9.40. The van der Waals surface area contributed by atoms with Crippen molar-refractivity contribution in [2.45, 2.75) is 24.9 Å². The number of para-hydroxylation sites is 3. The summed E-state index contributed by atoms with van der Waals surface area (Å²) in [7, 11) is 1.85. The van der Waals surface area contributed by atoms with Gasteiger partial charge in [0, 0.05) is 13.0 Å². The molecule has 31 heavy (non-hydrogen) atoms. The van der Waals surface area contributed by atoms with Crippen LogP contribution in [0.5, 0.6) is 11.5 Å². The van der Waals surface area contributed by atoms with Crippen LogP contribution < -0.4 is 9.47 Å². The Bertz CT molecular complexity index is 1030. The molecule has 1 atom stereocenters. The molecule has 0 bridgehead atoms. The van der Waals surface area contributed by atoms with Crippen molar-refractivity contribution < 1.29 is 14.3 Å². The van der Waals surface area contributed by atoms with Crippen molar-refractivity contribution >= 4 is 27.5 Å². The lowest BCUT2D eigenvalue weighted by Gasteiger charge is -2.33. The SMILES string of the molecule is CN(C[C@@H]1COc2ccccc2O1)C(=O)CN1CCC(c2nc3ccccc3s2)CC1. The van der Waals surface area contributed by atoms with Crippen LogP contribution in [0.1, 0.15) is 23.8 Å². The van der Waals surface area contributed by atoms with Crippen LogP contribution in [0.2, 0.25) is 0 Å². The third kappa shape index (κ3) is 4.52. The number of aromatic nitrogens is 1. The summed E-state index contributed by atoms with van der Waals surface area (Å²) >= 11 is 1.81. The van der Waals surface area contributed by atoms with Crippen molar-refractivity contribution in [2.24, 2.45) is 0 Å². The molecule has 162 valence electrons. The molecule has 2 aliphatic rings. The highest BCUT2D eigenvalue weighted by Crippen LogP contribution is 2.34. The smallest absolute Gasteiger partial charge is 0.236 e. The maximum absolute atomic E-state index is 12.8. The van der Waals surface area contributed by atoms with Crippen LogP contribution in [-0.2, 0) is 4.79 Å². The minimum Gasteiger partial charge on any atom is -0.486 e. The van der Waals surface area contributed by atoms with Gasteiger partial charge in [-0.1, -0.05) is 24.3 Å². The van der Waals surface area contributed by atoms with Crippen LogP contribution in [0.25, 0.3) is 10.2 Å². The van der Waals surface area contributed by atoms with Gasteiger partial charge in [-0.3, -0.25) is 9.69 Å². The Morgan fingerprint density at radius 1 is 1.13 bits per heavy atom. The van der Waals surface area contributed by atoms with Gasteiger partial charge in [-0.25, -0.2) is 4.98 Å². The fourth-order valence-corrected chi connectivity index (χ4v) is 5.41. The molecule has 3 aromatic rings.